The third kappa shape index (κ3) is 2.77. The molecule has 1 N–H and O–H groups in total. The number of aliphatic carboxylic acids is 1. The number of hydrogen-bond acceptors (Lipinski definition) is 5. The maximum Gasteiger partial charge on any atom is 0.406 e. The lowest BCUT2D eigenvalue weighted by molar-refractivity contribution is -0.227. The number of rotatable bonds is 3. The normalized spacial score (nSPS) is 21.0. The Balaban J connectivity index is 1.81. The van der Waals surface area contributed by atoms with Crippen molar-refractivity contribution in [2.45, 2.75) is 19.1 Å². The van der Waals surface area contributed by atoms with E-state index in [1.54, 1.807) is 11.4 Å². The molecule has 1 aliphatic rings. The molecule has 2 aromatic heterocycles. The van der Waals surface area contributed by atoms with Crippen molar-refractivity contribution in [3.05, 3.63) is 28.1 Å². The summed E-state index contributed by atoms with van der Waals surface area (Å²) in [5, 5.41) is 11.0. The summed E-state index contributed by atoms with van der Waals surface area (Å²) in [4.78, 5) is 41.0. The SMILES string of the molecule is O=C(Cn1cnc2sccc2c1=O)N1CCC(C(=O)O)(C(F)(F)F)C1. The minimum atomic E-state index is -4.97. The van der Waals surface area contributed by atoms with E-state index in [4.69, 9.17) is 5.11 Å². The first kappa shape index (κ1) is 17.4. The smallest absolute Gasteiger partial charge is 0.406 e. The average molecular weight is 375 g/mol. The summed E-state index contributed by atoms with van der Waals surface area (Å²) in [5.74, 6) is -2.76. The van der Waals surface area contributed by atoms with Crippen LogP contribution in [0.2, 0.25) is 0 Å². The number of nitrogens with zero attached hydrogens (tertiary/aromatic N) is 3. The van der Waals surface area contributed by atoms with Crippen LogP contribution in [0, 0.1) is 5.41 Å². The number of carbonyl (C=O) groups excluding carboxylic acids is 1. The van der Waals surface area contributed by atoms with E-state index in [-0.39, 0.29) is 6.54 Å². The number of carboxylic acid groups (broad SMARTS) is 1. The quantitative estimate of drug-likeness (QED) is 0.874. The van der Waals surface area contributed by atoms with E-state index in [1.807, 2.05) is 0 Å². The van der Waals surface area contributed by atoms with E-state index in [1.165, 1.54) is 11.3 Å². The zero-order valence-electron chi connectivity index (χ0n) is 12.6. The molecule has 7 nitrogen and oxygen atoms in total. The molecule has 0 radical (unpaired) electrons. The Labute approximate surface area is 142 Å². The van der Waals surface area contributed by atoms with E-state index in [2.05, 4.69) is 4.98 Å². The second-order valence-corrected chi connectivity index (χ2v) is 6.66. The zero-order valence-corrected chi connectivity index (χ0v) is 13.4. The number of aromatic nitrogens is 2. The van der Waals surface area contributed by atoms with Crippen LogP contribution in [0.25, 0.3) is 10.2 Å². The van der Waals surface area contributed by atoms with Gasteiger partial charge in [-0.2, -0.15) is 13.2 Å². The van der Waals surface area contributed by atoms with E-state index in [0.717, 1.165) is 15.8 Å². The number of fused-ring (bicyclic) bond motifs is 1. The summed E-state index contributed by atoms with van der Waals surface area (Å²) in [6, 6.07) is 1.55. The van der Waals surface area contributed by atoms with Gasteiger partial charge in [0.1, 0.15) is 11.4 Å². The predicted molar refractivity (Wildman–Crippen MR) is 81.2 cm³/mol. The molecule has 2 aromatic rings. The van der Waals surface area contributed by atoms with Crippen molar-refractivity contribution in [3.63, 3.8) is 0 Å². The van der Waals surface area contributed by atoms with Gasteiger partial charge >= 0.3 is 12.1 Å². The number of alkyl halides is 3. The third-order valence-corrected chi connectivity index (χ3v) is 5.15. The van der Waals surface area contributed by atoms with Gasteiger partial charge in [0.25, 0.3) is 5.56 Å². The summed E-state index contributed by atoms with van der Waals surface area (Å²) < 4.78 is 40.5. The van der Waals surface area contributed by atoms with E-state index >= 15 is 0 Å². The third-order valence-electron chi connectivity index (χ3n) is 4.33. The summed E-state index contributed by atoms with van der Waals surface area (Å²) in [7, 11) is 0. The van der Waals surface area contributed by atoms with Crippen molar-refractivity contribution >= 4 is 33.4 Å². The lowest BCUT2D eigenvalue weighted by atomic mass is 9.86. The largest absolute Gasteiger partial charge is 0.481 e. The molecule has 0 aromatic carbocycles. The molecule has 1 atom stereocenters. The molecule has 1 amide bonds. The van der Waals surface area contributed by atoms with Gasteiger partial charge in [-0.05, 0) is 17.9 Å². The number of thiophene rings is 1. The Kier molecular flexibility index (Phi) is 4.06. The van der Waals surface area contributed by atoms with Gasteiger partial charge in [-0.25, -0.2) is 4.98 Å². The molecule has 11 heteroatoms. The Hall–Kier alpha value is -2.43. The lowest BCUT2D eigenvalue weighted by Crippen LogP contribution is -2.48. The van der Waals surface area contributed by atoms with Crippen LogP contribution in [0.1, 0.15) is 6.42 Å². The fraction of sp³-hybridized carbons (Fsp3) is 0.429. The van der Waals surface area contributed by atoms with Gasteiger partial charge in [0, 0.05) is 13.1 Å². The van der Waals surface area contributed by atoms with Gasteiger partial charge < -0.3 is 10.0 Å². The van der Waals surface area contributed by atoms with Gasteiger partial charge in [0.15, 0.2) is 5.41 Å². The number of hydrogen-bond donors (Lipinski definition) is 1. The molecule has 3 heterocycles. The van der Waals surface area contributed by atoms with Gasteiger partial charge in [-0.1, -0.05) is 0 Å². The highest BCUT2D eigenvalue weighted by Gasteiger charge is 2.64. The molecule has 1 fully saturated rings. The van der Waals surface area contributed by atoms with Crippen molar-refractivity contribution in [1.29, 1.82) is 0 Å². The Bertz CT molecular complexity index is 907. The Morgan fingerprint density at radius 3 is 2.72 bits per heavy atom. The van der Waals surface area contributed by atoms with E-state index in [0.29, 0.717) is 10.2 Å². The Morgan fingerprint density at radius 2 is 2.12 bits per heavy atom. The highest BCUT2D eigenvalue weighted by Crippen LogP contribution is 2.45. The standard InChI is InChI=1S/C14H12F3N3O4S/c15-14(16,17)13(12(23)24)2-3-19(6-13)9(21)5-20-7-18-10-8(11(20)22)1-4-25-10/h1,4,7H,2-3,5-6H2,(H,23,24). The maximum atomic E-state index is 13.2. The van der Waals surface area contributed by atoms with E-state index in [9.17, 15) is 27.6 Å². The molecular weight excluding hydrogens is 363 g/mol. The minimum Gasteiger partial charge on any atom is -0.481 e. The van der Waals surface area contributed by atoms with Crippen molar-refractivity contribution in [2.24, 2.45) is 5.41 Å². The van der Waals surface area contributed by atoms with Crippen LogP contribution in [0.3, 0.4) is 0 Å². The fourth-order valence-electron chi connectivity index (χ4n) is 2.80. The zero-order chi connectivity index (χ0) is 18.4. The lowest BCUT2D eigenvalue weighted by Gasteiger charge is -2.27. The van der Waals surface area contributed by atoms with Crippen LogP contribution < -0.4 is 5.56 Å². The number of halogens is 3. The molecule has 0 spiro atoms. The second-order valence-electron chi connectivity index (χ2n) is 5.77. The predicted octanol–water partition coefficient (Wildman–Crippen LogP) is 1.32. The average Bonchev–Trinajstić information content (AvgIpc) is 3.16. The first-order valence-corrected chi connectivity index (χ1v) is 8.04. The monoisotopic (exact) mass is 375 g/mol. The molecule has 0 bridgehead atoms. The molecule has 1 saturated heterocycles. The van der Waals surface area contributed by atoms with Crippen LogP contribution in [-0.2, 0) is 16.1 Å². The van der Waals surface area contributed by atoms with E-state index < -0.39 is 48.5 Å². The molecule has 3 rings (SSSR count). The van der Waals surface area contributed by atoms with Gasteiger partial charge in [-0.15, -0.1) is 11.3 Å². The first-order chi connectivity index (χ1) is 11.7. The van der Waals surface area contributed by atoms with Gasteiger partial charge in [0.2, 0.25) is 5.91 Å². The van der Waals surface area contributed by atoms with Crippen molar-refractivity contribution in [2.75, 3.05) is 13.1 Å². The van der Waals surface area contributed by atoms with Crippen molar-refractivity contribution in [3.8, 4) is 0 Å². The summed E-state index contributed by atoms with van der Waals surface area (Å²) in [6.45, 7) is -1.80. The summed E-state index contributed by atoms with van der Waals surface area (Å²) >= 11 is 1.25. The van der Waals surface area contributed by atoms with Crippen molar-refractivity contribution < 1.29 is 27.9 Å². The number of likely N-dealkylation sites (tertiary alicyclic amines) is 1. The molecule has 1 aliphatic heterocycles. The second kappa shape index (κ2) is 5.83. The number of amides is 1. The summed E-state index contributed by atoms with van der Waals surface area (Å²) in [5.41, 5.74) is -3.44. The Morgan fingerprint density at radius 1 is 1.40 bits per heavy atom. The van der Waals surface area contributed by atoms with Gasteiger partial charge in [-0.3, -0.25) is 19.0 Å². The van der Waals surface area contributed by atoms with Crippen LogP contribution in [0.15, 0.2) is 22.6 Å². The molecule has 25 heavy (non-hydrogen) atoms. The minimum absolute atomic E-state index is 0.317. The fourth-order valence-corrected chi connectivity index (χ4v) is 3.52. The molecule has 0 saturated carbocycles. The number of carboxylic acids is 1. The molecular formula is C14H12F3N3O4S. The maximum absolute atomic E-state index is 13.2. The highest BCUT2D eigenvalue weighted by atomic mass is 32.1. The molecule has 134 valence electrons. The van der Waals surface area contributed by atoms with Crippen LogP contribution in [0.5, 0.6) is 0 Å². The van der Waals surface area contributed by atoms with Crippen LogP contribution >= 0.6 is 11.3 Å². The van der Waals surface area contributed by atoms with Crippen LogP contribution in [0.4, 0.5) is 13.2 Å². The highest BCUT2D eigenvalue weighted by molar-refractivity contribution is 7.16. The number of carbonyl (C=O) groups is 2. The van der Waals surface area contributed by atoms with Crippen LogP contribution in [-0.4, -0.2) is 50.7 Å². The summed E-state index contributed by atoms with van der Waals surface area (Å²) in [6.07, 6.45) is -4.53. The van der Waals surface area contributed by atoms with Gasteiger partial charge in [0.05, 0.1) is 11.7 Å². The molecule has 1 unspecified atom stereocenters. The topological polar surface area (TPSA) is 92.5 Å². The van der Waals surface area contributed by atoms with Crippen molar-refractivity contribution in [1.82, 2.24) is 14.5 Å². The molecule has 0 aliphatic carbocycles. The first-order valence-electron chi connectivity index (χ1n) is 7.16.